The predicted octanol–water partition coefficient (Wildman–Crippen LogP) is 4.81. The van der Waals surface area contributed by atoms with E-state index in [9.17, 15) is 10.1 Å². The molecule has 1 N–H and O–H groups in total. The van der Waals surface area contributed by atoms with Crippen LogP contribution in [0.4, 0.5) is 11.4 Å². The Morgan fingerprint density at radius 3 is 2.52 bits per heavy atom. The standard InChI is InChI=1S/C20H19N3O2/c1-14-6-5-7-16(12-14)20(19-8-3-4-11-21-19)22-18-10-9-17(23(24)25)13-15(18)2/h3-13,20,22H,1-2H3. The van der Waals surface area contributed by atoms with Crippen molar-refractivity contribution in [1.82, 2.24) is 4.98 Å². The molecule has 0 fully saturated rings. The van der Waals surface area contributed by atoms with E-state index < -0.39 is 0 Å². The molecule has 0 spiro atoms. The Morgan fingerprint density at radius 1 is 1.04 bits per heavy atom. The number of anilines is 1. The van der Waals surface area contributed by atoms with Crippen molar-refractivity contribution in [2.75, 3.05) is 5.32 Å². The maximum Gasteiger partial charge on any atom is 0.269 e. The molecular formula is C20H19N3O2. The van der Waals surface area contributed by atoms with Gasteiger partial charge in [-0.25, -0.2) is 0 Å². The highest BCUT2D eigenvalue weighted by Gasteiger charge is 2.17. The molecule has 25 heavy (non-hydrogen) atoms. The minimum Gasteiger partial charge on any atom is -0.373 e. The molecule has 1 aromatic heterocycles. The highest BCUT2D eigenvalue weighted by atomic mass is 16.6. The Morgan fingerprint density at radius 2 is 1.88 bits per heavy atom. The van der Waals surface area contributed by atoms with Crippen LogP contribution in [0.1, 0.15) is 28.4 Å². The molecule has 0 aliphatic carbocycles. The molecular weight excluding hydrogens is 314 g/mol. The highest BCUT2D eigenvalue weighted by molar-refractivity contribution is 5.57. The summed E-state index contributed by atoms with van der Waals surface area (Å²) >= 11 is 0. The lowest BCUT2D eigenvalue weighted by Crippen LogP contribution is -2.14. The summed E-state index contributed by atoms with van der Waals surface area (Å²) < 4.78 is 0. The van der Waals surface area contributed by atoms with Crippen molar-refractivity contribution in [3.63, 3.8) is 0 Å². The number of hydrogen-bond donors (Lipinski definition) is 1. The topological polar surface area (TPSA) is 68.1 Å². The third kappa shape index (κ3) is 3.83. The fourth-order valence-corrected chi connectivity index (χ4v) is 2.80. The number of nitrogens with zero attached hydrogens (tertiary/aromatic N) is 2. The van der Waals surface area contributed by atoms with E-state index >= 15 is 0 Å². The predicted molar refractivity (Wildman–Crippen MR) is 98.7 cm³/mol. The van der Waals surface area contributed by atoms with E-state index in [0.717, 1.165) is 22.5 Å². The lowest BCUT2D eigenvalue weighted by Gasteiger charge is -2.21. The van der Waals surface area contributed by atoms with Gasteiger partial charge in [-0.1, -0.05) is 35.9 Å². The van der Waals surface area contributed by atoms with Gasteiger partial charge in [0.05, 0.1) is 16.7 Å². The van der Waals surface area contributed by atoms with Crippen molar-refractivity contribution >= 4 is 11.4 Å². The highest BCUT2D eigenvalue weighted by Crippen LogP contribution is 2.29. The van der Waals surface area contributed by atoms with E-state index in [1.54, 1.807) is 18.3 Å². The van der Waals surface area contributed by atoms with Gasteiger partial charge in [0, 0.05) is 24.0 Å². The summed E-state index contributed by atoms with van der Waals surface area (Å²) in [4.78, 5) is 15.0. The van der Waals surface area contributed by atoms with Crippen molar-refractivity contribution in [1.29, 1.82) is 0 Å². The first-order valence-electron chi connectivity index (χ1n) is 8.03. The normalized spacial score (nSPS) is 11.8. The first kappa shape index (κ1) is 16.6. The van der Waals surface area contributed by atoms with E-state index in [1.807, 2.05) is 31.2 Å². The molecule has 0 saturated carbocycles. The van der Waals surface area contributed by atoms with Gasteiger partial charge in [-0.3, -0.25) is 15.1 Å². The van der Waals surface area contributed by atoms with E-state index in [1.165, 1.54) is 11.6 Å². The largest absolute Gasteiger partial charge is 0.373 e. The summed E-state index contributed by atoms with van der Waals surface area (Å²) in [5, 5.41) is 14.4. The van der Waals surface area contributed by atoms with Crippen molar-refractivity contribution < 1.29 is 4.92 Å². The maximum absolute atomic E-state index is 10.9. The molecule has 3 aromatic rings. The zero-order valence-corrected chi connectivity index (χ0v) is 14.1. The third-order valence-electron chi connectivity index (χ3n) is 4.08. The van der Waals surface area contributed by atoms with Crippen LogP contribution in [0.5, 0.6) is 0 Å². The summed E-state index contributed by atoms with van der Waals surface area (Å²) in [5.74, 6) is 0. The number of aromatic nitrogens is 1. The summed E-state index contributed by atoms with van der Waals surface area (Å²) in [6, 6.07) is 18.8. The average molecular weight is 333 g/mol. The molecule has 5 nitrogen and oxygen atoms in total. The Kier molecular flexibility index (Phi) is 4.75. The van der Waals surface area contributed by atoms with Gasteiger partial charge in [0.15, 0.2) is 0 Å². The molecule has 0 aliphatic rings. The number of hydrogen-bond acceptors (Lipinski definition) is 4. The van der Waals surface area contributed by atoms with Crippen LogP contribution in [0.2, 0.25) is 0 Å². The van der Waals surface area contributed by atoms with E-state index in [-0.39, 0.29) is 16.7 Å². The maximum atomic E-state index is 10.9. The number of nitrogens with one attached hydrogen (secondary N) is 1. The molecule has 0 saturated heterocycles. The van der Waals surface area contributed by atoms with Crippen molar-refractivity contribution in [3.05, 3.63) is 99.4 Å². The molecule has 2 aromatic carbocycles. The molecule has 0 bridgehead atoms. The van der Waals surface area contributed by atoms with Crippen LogP contribution in [-0.4, -0.2) is 9.91 Å². The van der Waals surface area contributed by atoms with Crippen LogP contribution in [-0.2, 0) is 0 Å². The molecule has 0 amide bonds. The zero-order chi connectivity index (χ0) is 17.8. The molecule has 1 unspecified atom stereocenters. The van der Waals surface area contributed by atoms with Crippen LogP contribution in [0.3, 0.4) is 0 Å². The summed E-state index contributed by atoms with van der Waals surface area (Å²) in [6.45, 7) is 3.91. The van der Waals surface area contributed by atoms with Crippen molar-refractivity contribution in [2.45, 2.75) is 19.9 Å². The second-order valence-corrected chi connectivity index (χ2v) is 6.00. The first-order valence-corrected chi connectivity index (χ1v) is 8.03. The van der Waals surface area contributed by atoms with Crippen LogP contribution in [0.15, 0.2) is 66.9 Å². The minimum absolute atomic E-state index is 0.0907. The van der Waals surface area contributed by atoms with Gasteiger partial charge in [-0.15, -0.1) is 0 Å². The Labute approximate surface area is 146 Å². The molecule has 5 heteroatoms. The second-order valence-electron chi connectivity index (χ2n) is 6.00. The van der Waals surface area contributed by atoms with Crippen molar-refractivity contribution in [3.8, 4) is 0 Å². The third-order valence-corrected chi connectivity index (χ3v) is 4.08. The van der Waals surface area contributed by atoms with Crippen LogP contribution < -0.4 is 5.32 Å². The number of aryl methyl sites for hydroxylation is 2. The summed E-state index contributed by atoms with van der Waals surface area (Å²) in [5.41, 5.74) is 4.92. The monoisotopic (exact) mass is 333 g/mol. The fourth-order valence-electron chi connectivity index (χ4n) is 2.80. The van der Waals surface area contributed by atoms with E-state index in [4.69, 9.17) is 0 Å². The number of rotatable bonds is 5. The smallest absolute Gasteiger partial charge is 0.269 e. The van der Waals surface area contributed by atoms with E-state index in [2.05, 4.69) is 35.4 Å². The molecule has 1 heterocycles. The molecule has 126 valence electrons. The summed E-state index contributed by atoms with van der Waals surface area (Å²) in [7, 11) is 0. The fraction of sp³-hybridized carbons (Fsp3) is 0.150. The molecule has 0 aliphatic heterocycles. The lowest BCUT2D eigenvalue weighted by atomic mass is 10.00. The van der Waals surface area contributed by atoms with E-state index in [0.29, 0.717) is 0 Å². The number of nitro benzene ring substituents is 1. The number of non-ortho nitro benzene ring substituents is 1. The average Bonchev–Trinajstić information content (AvgIpc) is 2.61. The Hall–Kier alpha value is -3.21. The van der Waals surface area contributed by atoms with Gasteiger partial charge in [0.1, 0.15) is 0 Å². The zero-order valence-electron chi connectivity index (χ0n) is 14.1. The van der Waals surface area contributed by atoms with Gasteiger partial charge in [-0.05, 0) is 43.2 Å². The Balaban J connectivity index is 2.00. The molecule has 3 rings (SSSR count). The molecule has 1 atom stereocenters. The number of nitro groups is 1. The van der Waals surface area contributed by atoms with Gasteiger partial charge in [0.25, 0.3) is 5.69 Å². The van der Waals surface area contributed by atoms with Crippen LogP contribution in [0, 0.1) is 24.0 Å². The Bertz CT molecular complexity index is 894. The minimum atomic E-state index is -0.381. The lowest BCUT2D eigenvalue weighted by molar-refractivity contribution is -0.384. The second kappa shape index (κ2) is 7.13. The quantitative estimate of drug-likeness (QED) is 0.537. The van der Waals surface area contributed by atoms with Crippen LogP contribution >= 0.6 is 0 Å². The molecule has 0 radical (unpaired) electrons. The SMILES string of the molecule is Cc1cccc(C(Nc2ccc([N+](=O)[O-])cc2C)c2ccccn2)c1. The van der Waals surface area contributed by atoms with Gasteiger partial charge < -0.3 is 5.32 Å². The number of pyridine rings is 1. The van der Waals surface area contributed by atoms with Gasteiger partial charge in [-0.2, -0.15) is 0 Å². The first-order chi connectivity index (χ1) is 12.0. The van der Waals surface area contributed by atoms with Gasteiger partial charge in [0.2, 0.25) is 0 Å². The van der Waals surface area contributed by atoms with Crippen LogP contribution in [0.25, 0.3) is 0 Å². The van der Waals surface area contributed by atoms with Crippen molar-refractivity contribution in [2.24, 2.45) is 0 Å². The van der Waals surface area contributed by atoms with Gasteiger partial charge >= 0.3 is 0 Å². The number of benzene rings is 2. The summed E-state index contributed by atoms with van der Waals surface area (Å²) in [6.07, 6.45) is 1.77.